The van der Waals surface area contributed by atoms with Crippen molar-refractivity contribution in [2.75, 3.05) is 7.05 Å². The van der Waals surface area contributed by atoms with E-state index in [9.17, 15) is 0 Å². The van der Waals surface area contributed by atoms with E-state index in [1.165, 1.54) is 22.9 Å². The van der Waals surface area contributed by atoms with Crippen molar-refractivity contribution < 1.29 is 4.48 Å². The summed E-state index contributed by atoms with van der Waals surface area (Å²) in [5.41, 5.74) is 1.52. The van der Waals surface area contributed by atoms with Gasteiger partial charge in [-0.3, -0.25) is 0 Å². The number of likely N-dealkylation sites (tertiary alicyclic amines) is 1. The Labute approximate surface area is 99.7 Å². The minimum Gasteiger partial charge on any atom is -0.316 e. The number of benzene rings is 1. The lowest BCUT2D eigenvalue weighted by molar-refractivity contribution is -0.966. The van der Waals surface area contributed by atoms with E-state index >= 15 is 0 Å². The van der Waals surface area contributed by atoms with Crippen molar-refractivity contribution in [2.45, 2.75) is 51.7 Å². The van der Waals surface area contributed by atoms with Crippen molar-refractivity contribution in [1.82, 2.24) is 0 Å². The molecule has 1 heteroatoms. The van der Waals surface area contributed by atoms with Gasteiger partial charge in [-0.1, -0.05) is 30.3 Å². The number of nitrogens with zero attached hydrogens (tertiary/aromatic N) is 1. The van der Waals surface area contributed by atoms with E-state index in [1.807, 2.05) is 0 Å². The van der Waals surface area contributed by atoms with E-state index in [2.05, 4.69) is 58.2 Å². The van der Waals surface area contributed by atoms with Gasteiger partial charge in [0.15, 0.2) is 0 Å². The second-order valence-corrected chi connectivity index (χ2v) is 5.67. The van der Waals surface area contributed by atoms with Crippen LogP contribution in [0.2, 0.25) is 0 Å². The first-order valence-electron chi connectivity index (χ1n) is 6.47. The third-order valence-electron chi connectivity index (χ3n) is 4.78. The Balaban J connectivity index is 2.35. The van der Waals surface area contributed by atoms with Crippen LogP contribution in [0.25, 0.3) is 0 Å². The second-order valence-electron chi connectivity index (χ2n) is 5.67. The summed E-state index contributed by atoms with van der Waals surface area (Å²) in [5.74, 6) is 0. The van der Waals surface area contributed by atoms with Gasteiger partial charge in [-0.05, 0) is 20.8 Å². The summed E-state index contributed by atoms with van der Waals surface area (Å²) in [6.45, 7) is 7.12. The third-order valence-corrected chi connectivity index (χ3v) is 4.78. The van der Waals surface area contributed by atoms with Crippen molar-refractivity contribution in [1.29, 1.82) is 0 Å². The lowest BCUT2D eigenvalue weighted by Crippen LogP contribution is -2.53. The summed E-state index contributed by atoms with van der Waals surface area (Å²) in [6.07, 6.45) is 2.69. The Bertz CT molecular complexity index is 344. The molecule has 1 aliphatic heterocycles. The minimum atomic E-state index is 0.691. The zero-order chi connectivity index (χ0) is 11.8. The Kier molecular flexibility index (Phi) is 3.07. The molecule has 1 nitrogen and oxygen atoms in total. The van der Waals surface area contributed by atoms with E-state index in [-0.39, 0.29) is 0 Å². The van der Waals surface area contributed by atoms with Crippen molar-refractivity contribution in [2.24, 2.45) is 0 Å². The number of hydrogen-bond acceptors (Lipinski definition) is 0. The zero-order valence-corrected chi connectivity index (χ0v) is 11.0. The Hall–Kier alpha value is -0.820. The summed E-state index contributed by atoms with van der Waals surface area (Å²) in [4.78, 5) is 0. The molecule has 1 fully saturated rings. The van der Waals surface area contributed by atoms with Crippen LogP contribution in [-0.4, -0.2) is 23.6 Å². The molecule has 1 aromatic rings. The molecule has 0 N–H and O–H groups in total. The topological polar surface area (TPSA) is 0 Å². The molecule has 2 rings (SSSR count). The van der Waals surface area contributed by atoms with E-state index in [0.717, 1.165) is 6.04 Å². The van der Waals surface area contributed by atoms with Crippen LogP contribution in [0, 0.1) is 0 Å². The highest BCUT2D eigenvalue weighted by molar-refractivity contribution is 5.18. The SMILES string of the molecule is CC(C)[N+]1(C)[C@H](C)CC[C@H]1c1ccccc1. The number of rotatable bonds is 2. The predicted octanol–water partition coefficient (Wildman–Crippen LogP) is 3.77. The molecule has 1 aliphatic rings. The Morgan fingerprint density at radius 1 is 1.12 bits per heavy atom. The van der Waals surface area contributed by atoms with Crippen LogP contribution in [0.5, 0.6) is 0 Å². The molecule has 0 aromatic heterocycles. The van der Waals surface area contributed by atoms with Gasteiger partial charge in [-0.15, -0.1) is 0 Å². The lowest BCUT2D eigenvalue weighted by Gasteiger charge is -2.44. The van der Waals surface area contributed by atoms with Crippen LogP contribution in [0.1, 0.15) is 45.2 Å². The molecule has 1 aromatic carbocycles. The second kappa shape index (κ2) is 4.21. The predicted molar refractivity (Wildman–Crippen MR) is 69.2 cm³/mol. The molecule has 0 amide bonds. The molecule has 1 heterocycles. The fourth-order valence-corrected chi connectivity index (χ4v) is 3.29. The van der Waals surface area contributed by atoms with Crippen LogP contribution in [0.15, 0.2) is 30.3 Å². The van der Waals surface area contributed by atoms with Crippen molar-refractivity contribution in [3.63, 3.8) is 0 Å². The van der Waals surface area contributed by atoms with E-state index in [1.54, 1.807) is 0 Å². The molecule has 16 heavy (non-hydrogen) atoms. The molecule has 0 spiro atoms. The van der Waals surface area contributed by atoms with Crippen LogP contribution in [0.4, 0.5) is 0 Å². The molecule has 0 bridgehead atoms. The molecular formula is C15H24N+. The van der Waals surface area contributed by atoms with Gasteiger partial charge < -0.3 is 4.48 Å². The maximum atomic E-state index is 2.43. The van der Waals surface area contributed by atoms with Crippen molar-refractivity contribution >= 4 is 0 Å². The van der Waals surface area contributed by atoms with Crippen LogP contribution in [-0.2, 0) is 0 Å². The van der Waals surface area contributed by atoms with Gasteiger partial charge in [0.2, 0.25) is 0 Å². The van der Waals surface area contributed by atoms with Crippen LogP contribution >= 0.6 is 0 Å². The summed E-state index contributed by atoms with van der Waals surface area (Å²) < 4.78 is 1.20. The van der Waals surface area contributed by atoms with Crippen LogP contribution < -0.4 is 0 Å². The molecule has 1 saturated heterocycles. The summed E-state index contributed by atoms with van der Waals surface area (Å²) in [5, 5.41) is 0. The first-order chi connectivity index (χ1) is 7.56. The average molecular weight is 218 g/mol. The quantitative estimate of drug-likeness (QED) is 0.663. The van der Waals surface area contributed by atoms with Gasteiger partial charge in [0.05, 0.1) is 19.1 Å². The lowest BCUT2D eigenvalue weighted by atomic mass is 10.0. The third kappa shape index (κ3) is 1.67. The van der Waals surface area contributed by atoms with E-state index in [0.29, 0.717) is 12.1 Å². The maximum Gasteiger partial charge on any atom is 0.115 e. The van der Waals surface area contributed by atoms with E-state index in [4.69, 9.17) is 0 Å². The highest BCUT2D eigenvalue weighted by atomic mass is 15.4. The minimum absolute atomic E-state index is 0.691. The van der Waals surface area contributed by atoms with Crippen molar-refractivity contribution in [3.8, 4) is 0 Å². The van der Waals surface area contributed by atoms with Crippen LogP contribution in [0.3, 0.4) is 0 Å². The fourth-order valence-electron chi connectivity index (χ4n) is 3.29. The Morgan fingerprint density at radius 3 is 2.31 bits per heavy atom. The van der Waals surface area contributed by atoms with E-state index < -0.39 is 0 Å². The normalized spacial score (nSPS) is 34.6. The number of hydrogen-bond donors (Lipinski definition) is 0. The fraction of sp³-hybridized carbons (Fsp3) is 0.600. The first kappa shape index (κ1) is 11.7. The van der Waals surface area contributed by atoms with Gasteiger partial charge in [-0.2, -0.15) is 0 Å². The molecule has 0 aliphatic carbocycles. The molecule has 0 radical (unpaired) electrons. The monoisotopic (exact) mass is 218 g/mol. The zero-order valence-electron chi connectivity index (χ0n) is 11.0. The average Bonchev–Trinajstić information content (AvgIpc) is 2.58. The molecule has 0 saturated carbocycles. The molecule has 1 unspecified atom stereocenters. The van der Waals surface area contributed by atoms with Gasteiger partial charge in [0, 0.05) is 18.4 Å². The molecular weight excluding hydrogens is 194 g/mol. The summed E-state index contributed by atoms with van der Waals surface area (Å²) in [7, 11) is 2.43. The smallest absolute Gasteiger partial charge is 0.115 e. The molecule has 3 atom stereocenters. The summed E-state index contributed by atoms with van der Waals surface area (Å²) >= 11 is 0. The number of quaternary nitrogens is 1. The summed E-state index contributed by atoms with van der Waals surface area (Å²) in [6, 6.07) is 13.2. The first-order valence-corrected chi connectivity index (χ1v) is 6.47. The van der Waals surface area contributed by atoms with Gasteiger partial charge >= 0.3 is 0 Å². The highest BCUT2D eigenvalue weighted by Crippen LogP contribution is 2.43. The van der Waals surface area contributed by atoms with Gasteiger partial charge in [0.1, 0.15) is 6.04 Å². The Morgan fingerprint density at radius 2 is 1.75 bits per heavy atom. The van der Waals surface area contributed by atoms with Gasteiger partial charge in [0.25, 0.3) is 0 Å². The largest absolute Gasteiger partial charge is 0.316 e. The maximum absolute atomic E-state index is 2.43. The standard InChI is InChI=1S/C15H24N/c1-12(2)16(4)13(3)10-11-15(16)14-8-6-5-7-9-14/h5-9,12-13,15H,10-11H2,1-4H3/q+1/t13-,15+,16?/m1/s1. The van der Waals surface area contributed by atoms with Crippen molar-refractivity contribution in [3.05, 3.63) is 35.9 Å². The highest BCUT2D eigenvalue weighted by Gasteiger charge is 2.46. The van der Waals surface area contributed by atoms with Gasteiger partial charge in [-0.25, -0.2) is 0 Å². The molecule has 88 valence electrons.